The van der Waals surface area contributed by atoms with Gasteiger partial charge in [0.25, 0.3) is 5.91 Å². The number of benzene rings is 2. The van der Waals surface area contributed by atoms with Crippen LogP contribution in [0.25, 0.3) is 0 Å². The molecule has 168 valence electrons. The maximum atomic E-state index is 13.2. The van der Waals surface area contributed by atoms with Crippen molar-refractivity contribution >= 4 is 23.4 Å². The van der Waals surface area contributed by atoms with Crippen molar-refractivity contribution in [1.29, 1.82) is 0 Å². The van der Waals surface area contributed by atoms with Crippen LogP contribution >= 0.6 is 11.6 Å². The van der Waals surface area contributed by atoms with E-state index >= 15 is 0 Å². The number of carbonyl (C=O) groups is 2. The third-order valence-electron chi connectivity index (χ3n) is 5.37. The lowest BCUT2D eigenvalue weighted by Gasteiger charge is -2.31. The van der Waals surface area contributed by atoms with Gasteiger partial charge in [-0.2, -0.15) is 0 Å². The zero-order chi connectivity index (χ0) is 23.0. The lowest BCUT2D eigenvalue weighted by molar-refractivity contribution is -0.143. The number of ether oxygens (including phenoxy) is 1. The fourth-order valence-electron chi connectivity index (χ4n) is 3.35. The Hall–Kier alpha value is -2.53. The third-order valence-corrected chi connectivity index (χ3v) is 5.74. The zero-order valence-electron chi connectivity index (χ0n) is 19.1. The van der Waals surface area contributed by atoms with Crippen LogP contribution in [-0.2, 0) is 16.1 Å². The Morgan fingerprint density at radius 1 is 1.10 bits per heavy atom. The summed E-state index contributed by atoms with van der Waals surface area (Å²) in [6.07, 6.45) is 1.30. The lowest BCUT2D eigenvalue weighted by Crippen LogP contribution is -2.51. The Morgan fingerprint density at radius 3 is 2.42 bits per heavy atom. The molecule has 2 aromatic rings. The van der Waals surface area contributed by atoms with Crippen LogP contribution in [0.1, 0.15) is 50.3 Å². The summed E-state index contributed by atoms with van der Waals surface area (Å²) >= 11 is 6.35. The Bertz CT molecular complexity index is 900. The zero-order valence-corrected chi connectivity index (χ0v) is 19.8. The molecule has 0 unspecified atom stereocenters. The molecule has 2 amide bonds. The quantitative estimate of drug-likeness (QED) is 0.557. The number of nitrogens with one attached hydrogen (secondary N) is 1. The monoisotopic (exact) mass is 444 g/mol. The summed E-state index contributed by atoms with van der Waals surface area (Å²) in [5, 5.41) is 3.56. The van der Waals surface area contributed by atoms with Crippen LogP contribution in [0.2, 0.25) is 5.02 Å². The SMILES string of the molecule is CC[C@@H](C)NC(=O)[C@H](CC)N(Cc1ccccc1Cl)C(=O)COc1ccc(C)cc1C. The van der Waals surface area contributed by atoms with E-state index in [1.54, 1.807) is 11.0 Å². The second-order valence-electron chi connectivity index (χ2n) is 7.91. The normalized spacial score (nSPS) is 12.7. The van der Waals surface area contributed by atoms with E-state index in [1.807, 2.05) is 71.0 Å². The fraction of sp³-hybridized carbons (Fsp3) is 0.440. The molecule has 0 aliphatic carbocycles. The van der Waals surface area contributed by atoms with E-state index in [0.29, 0.717) is 17.2 Å². The molecule has 2 aromatic carbocycles. The number of rotatable bonds is 10. The predicted molar refractivity (Wildman–Crippen MR) is 125 cm³/mol. The van der Waals surface area contributed by atoms with Gasteiger partial charge in [0.1, 0.15) is 11.8 Å². The molecule has 2 atom stereocenters. The number of hydrogen-bond donors (Lipinski definition) is 1. The molecule has 6 heteroatoms. The van der Waals surface area contributed by atoms with Crippen molar-refractivity contribution in [2.45, 2.75) is 66.1 Å². The first-order valence-electron chi connectivity index (χ1n) is 10.8. The summed E-state index contributed by atoms with van der Waals surface area (Å²) in [6.45, 7) is 9.91. The molecule has 31 heavy (non-hydrogen) atoms. The summed E-state index contributed by atoms with van der Waals surface area (Å²) in [5.74, 6) is 0.239. The van der Waals surface area contributed by atoms with E-state index in [4.69, 9.17) is 16.3 Å². The molecule has 0 aliphatic rings. The number of hydrogen-bond acceptors (Lipinski definition) is 3. The number of amides is 2. The topological polar surface area (TPSA) is 58.6 Å². The predicted octanol–water partition coefficient (Wildman–Crippen LogP) is 5.06. The third kappa shape index (κ3) is 7.00. The van der Waals surface area contributed by atoms with Crippen LogP contribution in [0.4, 0.5) is 0 Å². The van der Waals surface area contributed by atoms with Gasteiger partial charge >= 0.3 is 0 Å². The average Bonchev–Trinajstić information content (AvgIpc) is 2.74. The van der Waals surface area contributed by atoms with E-state index < -0.39 is 6.04 Å². The summed E-state index contributed by atoms with van der Waals surface area (Å²) in [5.41, 5.74) is 2.88. The summed E-state index contributed by atoms with van der Waals surface area (Å²) in [7, 11) is 0. The highest BCUT2D eigenvalue weighted by Gasteiger charge is 2.30. The molecule has 0 fully saturated rings. The first-order valence-corrected chi connectivity index (χ1v) is 11.2. The van der Waals surface area contributed by atoms with Crippen LogP contribution in [0.3, 0.4) is 0 Å². The van der Waals surface area contributed by atoms with Gasteiger partial charge in [0.15, 0.2) is 6.61 Å². The van der Waals surface area contributed by atoms with Gasteiger partial charge in [0.05, 0.1) is 0 Å². The first-order chi connectivity index (χ1) is 14.8. The van der Waals surface area contributed by atoms with E-state index in [2.05, 4.69) is 5.32 Å². The van der Waals surface area contributed by atoms with Crippen molar-refractivity contribution < 1.29 is 14.3 Å². The van der Waals surface area contributed by atoms with Gasteiger partial charge in [0, 0.05) is 17.6 Å². The molecule has 0 bridgehead atoms. The van der Waals surface area contributed by atoms with Crippen molar-refractivity contribution in [2.24, 2.45) is 0 Å². The minimum Gasteiger partial charge on any atom is -0.483 e. The molecule has 5 nitrogen and oxygen atoms in total. The van der Waals surface area contributed by atoms with Crippen molar-refractivity contribution in [3.63, 3.8) is 0 Å². The lowest BCUT2D eigenvalue weighted by atomic mass is 10.1. The van der Waals surface area contributed by atoms with Gasteiger partial charge in [-0.1, -0.05) is 61.3 Å². The number of carbonyl (C=O) groups excluding carboxylic acids is 2. The molecule has 2 rings (SSSR count). The highest BCUT2D eigenvalue weighted by atomic mass is 35.5. The number of aryl methyl sites for hydroxylation is 2. The van der Waals surface area contributed by atoms with Crippen molar-refractivity contribution in [1.82, 2.24) is 10.2 Å². The standard InChI is InChI=1S/C25H33ClN2O3/c1-6-19(5)27-25(30)22(7-2)28(15-20-10-8-9-11-21(20)26)24(29)16-31-23-13-12-17(3)14-18(23)4/h8-14,19,22H,6-7,15-16H2,1-5H3,(H,27,30)/t19-,22+/m1/s1. The van der Waals surface area contributed by atoms with Gasteiger partial charge in [-0.3, -0.25) is 9.59 Å². The van der Waals surface area contributed by atoms with Gasteiger partial charge in [-0.15, -0.1) is 0 Å². The Kier molecular flexibility index (Phi) is 9.38. The average molecular weight is 445 g/mol. The Balaban J connectivity index is 2.25. The largest absolute Gasteiger partial charge is 0.483 e. The molecular formula is C25H33ClN2O3. The molecular weight excluding hydrogens is 412 g/mol. The van der Waals surface area contributed by atoms with Crippen molar-refractivity contribution in [2.75, 3.05) is 6.61 Å². The molecule has 0 saturated heterocycles. The minimum atomic E-state index is -0.611. The molecule has 0 radical (unpaired) electrons. The fourth-order valence-corrected chi connectivity index (χ4v) is 3.55. The van der Waals surface area contributed by atoms with E-state index in [1.165, 1.54) is 0 Å². The van der Waals surface area contributed by atoms with Crippen LogP contribution < -0.4 is 10.1 Å². The minimum absolute atomic E-state index is 0.0327. The molecule has 1 N–H and O–H groups in total. The van der Waals surface area contributed by atoms with Gasteiger partial charge in [-0.25, -0.2) is 0 Å². The Morgan fingerprint density at radius 2 is 1.81 bits per heavy atom. The molecule has 0 aliphatic heterocycles. The maximum Gasteiger partial charge on any atom is 0.261 e. The molecule has 0 aromatic heterocycles. The summed E-state index contributed by atoms with van der Waals surface area (Å²) in [6, 6.07) is 12.6. The molecule has 0 spiro atoms. The Labute approximate surface area is 190 Å². The molecule has 0 saturated carbocycles. The van der Waals surface area contributed by atoms with Crippen LogP contribution in [-0.4, -0.2) is 35.4 Å². The van der Waals surface area contributed by atoms with Gasteiger partial charge in [-0.05, 0) is 56.9 Å². The van der Waals surface area contributed by atoms with Crippen molar-refractivity contribution in [3.05, 3.63) is 64.2 Å². The van der Waals surface area contributed by atoms with Crippen LogP contribution in [0.15, 0.2) is 42.5 Å². The molecule has 0 heterocycles. The summed E-state index contributed by atoms with van der Waals surface area (Å²) < 4.78 is 5.82. The second kappa shape index (κ2) is 11.8. The summed E-state index contributed by atoms with van der Waals surface area (Å²) in [4.78, 5) is 27.8. The highest BCUT2D eigenvalue weighted by molar-refractivity contribution is 6.31. The van der Waals surface area contributed by atoms with Crippen LogP contribution in [0.5, 0.6) is 5.75 Å². The van der Waals surface area contributed by atoms with E-state index in [-0.39, 0.29) is 31.0 Å². The second-order valence-corrected chi connectivity index (χ2v) is 8.32. The number of nitrogens with zero attached hydrogens (tertiary/aromatic N) is 1. The van der Waals surface area contributed by atoms with E-state index in [9.17, 15) is 9.59 Å². The van der Waals surface area contributed by atoms with Crippen molar-refractivity contribution in [3.8, 4) is 5.75 Å². The van der Waals surface area contributed by atoms with Gasteiger partial charge in [0.2, 0.25) is 5.91 Å². The van der Waals surface area contributed by atoms with Gasteiger partial charge < -0.3 is 15.0 Å². The number of halogens is 1. The highest BCUT2D eigenvalue weighted by Crippen LogP contribution is 2.22. The van der Waals surface area contributed by atoms with Crippen LogP contribution in [0, 0.1) is 13.8 Å². The smallest absolute Gasteiger partial charge is 0.261 e. The first kappa shape index (κ1) is 24.7. The van der Waals surface area contributed by atoms with E-state index in [0.717, 1.165) is 23.1 Å². The maximum absolute atomic E-state index is 13.2.